The normalized spacial score (nSPS) is 11.5. The molecule has 0 aliphatic carbocycles. The van der Waals surface area contributed by atoms with Crippen molar-refractivity contribution in [2.75, 3.05) is 0 Å². The fraction of sp³-hybridized carbons (Fsp3) is 0.381. The standard InChI is InChI=1S/C16H17ClN2OS.C3H8.C2H6/c1-11-7-9-14(10-8-11)21(20)19-18-13(3)16-12(2)5-4-6-15(16)17;1-3-2;1-2/h4-10,19H,1-3H3;3H2,1-2H3;1-2H3/b18-13-;;. The third kappa shape index (κ3) is 8.15. The molecule has 0 heterocycles. The van der Waals surface area contributed by atoms with Gasteiger partial charge in [-0.15, -0.1) is 0 Å². The van der Waals surface area contributed by atoms with Crippen LogP contribution in [0.2, 0.25) is 5.02 Å². The lowest BCUT2D eigenvalue weighted by atomic mass is 10.1. The van der Waals surface area contributed by atoms with Gasteiger partial charge >= 0.3 is 0 Å². The molecule has 2 aromatic rings. The van der Waals surface area contributed by atoms with Gasteiger partial charge in [0.1, 0.15) is 0 Å². The second-order valence-corrected chi connectivity index (χ2v) is 7.11. The van der Waals surface area contributed by atoms with Crippen LogP contribution < -0.4 is 4.83 Å². The molecule has 0 saturated carbocycles. The summed E-state index contributed by atoms with van der Waals surface area (Å²) in [7, 11) is -1.38. The number of benzene rings is 2. The van der Waals surface area contributed by atoms with Gasteiger partial charge in [0, 0.05) is 10.6 Å². The minimum atomic E-state index is -1.38. The number of halogens is 1. The van der Waals surface area contributed by atoms with Crippen molar-refractivity contribution in [2.45, 2.75) is 59.8 Å². The van der Waals surface area contributed by atoms with Gasteiger partial charge in [-0.3, -0.25) is 0 Å². The molecule has 0 bridgehead atoms. The van der Waals surface area contributed by atoms with E-state index in [1.807, 2.05) is 77.1 Å². The average molecular weight is 395 g/mol. The summed E-state index contributed by atoms with van der Waals surface area (Å²) in [6, 6.07) is 13.2. The lowest BCUT2D eigenvalue weighted by molar-refractivity contribution is 0.675. The Balaban J connectivity index is 0.00000113. The fourth-order valence-corrected chi connectivity index (χ4v) is 3.04. The Bertz CT molecular complexity index is 692. The van der Waals surface area contributed by atoms with Crippen LogP contribution in [0.1, 0.15) is 57.7 Å². The monoisotopic (exact) mass is 394 g/mol. The van der Waals surface area contributed by atoms with E-state index in [0.29, 0.717) is 15.6 Å². The maximum atomic E-state index is 12.1. The van der Waals surface area contributed by atoms with Crippen molar-refractivity contribution < 1.29 is 4.21 Å². The van der Waals surface area contributed by atoms with Gasteiger partial charge in [-0.25, -0.2) is 9.04 Å². The smallest absolute Gasteiger partial charge is 0.166 e. The third-order valence-electron chi connectivity index (χ3n) is 3.12. The molecule has 1 atom stereocenters. The van der Waals surface area contributed by atoms with Crippen LogP contribution in [0.15, 0.2) is 52.5 Å². The van der Waals surface area contributed by atoms with E-state index in [1.54, 1.807) is 0 Å². The molecule has 0 spiro atoms. The van der Waals surface area contributed by atoms with Crippen LogP contribution in [0, 0.1) is 13.8 Å². The van der Waals surface area contributed by atoms with Gasteiger partial charge in [0.25, 0.3) is 0 Å². The predicted octanol–water partition coefficient (Wildman–Crippen LogP) is 6.44. The summed E-state index contributed by atoms with van der Waals surface area (Å²) >= 11 is 6.19. The van der Waals surface area contributed by atoms with Crippen molar-refractivity contribution in [3.8, 4) is 0 Å². The maximum Gasteiger partial charge on any atom is 0.166 e. The summed E-state index contributed by atoms with van der Waals surface area (Å²) in [5.74, 6) is 0. The van der Waals surface area contributed by atoms with Crippen LogP contribution in [0.5, 0.6) is 0 Å². The van der Waals surface area contributed by atoms with E-state index in [0.717, 1.165) is 16.7 Å². The predicted molar refractivity (Wildman–Crippen MR) is 116 cm³/mol. The first kappa shape index (κ1) is 24.4. The number of hydrogen-bond donors (Lipinski definition) is 1. The van der Waals surface area contributed by atoms with E-state index in [2.05, 4.69) is 23.8 Å². The number of rotatable bonds is 4. The first-order valence-corrected chi connectivity index (χ1v) is 10.5. The highest BCUT2D eigenvalue weighted by atomic mass is 35.5. The minimum absolute atomic E-state index is 0.638. The first-order chi connectivity index (χ1) is 12.4. The summed E-state index contributed by atoms with van der Waals surface area (Å²) in [6.07, 6.45) is 1.25. The summed E-state index contributed by atoms with van der Waals surface area (Å²) in [4.78, 5) is 3.36. The second-order valence-electron chi connectivity index (χ2n) is 5.51. The number of aryl methyl sites for hydroxylation is 2. The molecule has 0 saturated heterocycles. The third-order valence-corrected chi connectivity index (χ3v) is 4.39. The van der Waals surface area contributed by atoms with Gasteiger partial charge in [0.15, 0.2) is 11.0 Å². The molecule has 0 aromatic heterocycles. The van der Waals surface area contributed by atoms with Crippen molar-refractivity contribution in [1.82, 2.24) is 4.83 Å². The van der Waals surface area contributed by atoms with Crippen molar-refractivity contribution in [1.29, 1.82) is 0 Å². The van der Waals surface area contributed by atoms with Gasteiger partial charge in [0.05, 0.1) is 10.6 Å². The zero-order chi connectivity index (χ0) is 20.1. The van der Waals surface area contributed by atoms with E-state index >= 15 is 0 Å². The SMILES string of the molecule is C/C(=N/NS(=O)c1ccc(C)cc1)c1c(C)cccc1Cl.CC.CCC. The lowest BCUT2D eigenvalue weighted by Gasteiger charge is -2.08. The van der Waals surface area contributed by atoms with Gasteiger partial charge in [-0.2, -0.15) is 5.10 Å². The van der Waals surface area contributed by atoms with E-state index < -0.39 is 11.0 Å². The van der Waals surface area contributed by atoms with E-state index in [4.69, 9.17) is 11.6 Å². The van der Waals surface area contributed by atoms with Crippen molar-refractivity contribution in [3.63, 3.8) is 0 Å². The van der Waals surface area contributed by atoms with Crippen LogP contribution in [0.25, 0.3) is 0 Å². The van der Waals surface area contributed by atoms with Crippen LogP contribution >= 0.6 is 11.6 Å². The Morgan fingerprint density at radius 2 is 1.62 bits per heavy atom. The Morgan fingerprint density at radius 3 is 2.12 bits per heavy atom. The van der Waals surface area contributed by atoms with E-state index in [9.17, 15) is 4.21 Å². The van der Waals surface area contributed by atoms with Crippen molar-refractivity contribution >= 4 is 28.3 Å². The van der Waals surface area contributed by atoms with Gasteiger partial charge < -0.3 is 0 Å². The molecule has 0 aliphatic heterocycles. The molecule has 2 rings (SSSR count). The van der Waals surface area contributed by atoms with Gasteiger partial charge in [-0.05, 0) is 44.5 Å². The molecule has 26 heavy (non-hydrogen) atoms. The highest BCUT2D eigenvalue weighted by Gasteiger charge is 2.08. The maximum absolute atomic E-state index is 12.1. The largest absolute Gasteiger partial charge is 0.230 e. The lowest BCUT2D eigenvalue weighted by Crippen LogP contribution is -2.14. The molecule has 5 heteroatoms. The molecular formula is C21H31ClN2OS. The molecular weight excluding hydrogens is 364 g/mol. The molecule has 0 amide bonds. The summed E-state index contributed by atoms with van der Waals surface area (Å²) in [5.41, 5.74) is 3.74. The summed E-state index contributed by atoms with van der Waals surface area (Å²) in [5, 5.41) is 4.83. The van der Waals surface area contributed by atoms with Crippen LogP contribution in [0.3, 0.4) is 0 Å². The molecule has 0 aliphatic rings. The number of hydrogen-bond acceptors (Lipinski definition) is 2. The Morgan fingerprint density at radius 1 is 1.08 bits per heavy atom. The molecule has 144 valence electrons. The first-order valence-electron chi connectivity index (χ1n) is 8.94. The van der Waals surface area contributed by atoms with Gasteiger partial charge in [-0.1, -0.05) is 75.5 Å². The number of nitrogens with zero attached hydrogens (tertiary/aromatic N) is 1. The minimum Gasteiger partial charge on any atom is -0.230 e. The molecule has 0 radical (unpaired) electrons. The average Bonchev–Trinajstić information content (AvgIpc) is 2.62. The van der Waals surface area contributed by atoms with Crippen molar-refractivity contribution in [2.24, 2.45) is 5.10 Å². The summed E-state index contributed by atoms with van der Waals surface area (Å²) < 4.78 is 12.1. The van der Waals surface area contributed by atoms with Crippen molar-refractivity contribution in [3.05, 3.63) is 64.2 Å². The van der Waals surface area contributed by atoms with Crippen LogP contribution in [-0.2, 0) is 11.0 Å². The zero-order valence-electron chi connectivity index (χ0n) is 16.9. The quantitative estimate of drug-likeness (QED) is 0.470. The zero-order valence-corrected chi connectivity index (χ0v) is 18.5. The van der Waals surface area contributed by atoms with E-state index in [1.165, 1.54) is 6.42 Å². The molecule has 3 nitrogen and oxygen atoms in total. The number of nitrogens with one attached hydrogen (secondary N) is 1. The Kier molecular flexibility index (Phi) is 12.7. The fourth-order valence-electron chi connectivity index (χ4n) is 1.97. The molecule has 1 unspecified atom stereocenters. The van der Waals surface area contributed by atoms with Crippen LogP contribution in [-0.4, -0.2) is 9.92 Å². The molecule has 0 fully saturated rings. The van der Waals surface area contributed by atoms with Gasteiger partial charge in [0.2, 0.25) is 0 Å². The highest BCUT2D eigenvalue weighted by molar-refractivity contribution is 7.83. The highest BCUT2D eigenvalue weighted by Crippen LogP contribution is 2.20. The molecule has 1 N–H and O–H groups in total. The summed E-state index contributed by atoms with van der Waals surface area (Å²) in [6.45, 7) is 14.0. The topological polar surface area (TPSA) is 41.5 Å². The van der Waals surface area contributed by atoms with E-state index in [-0.39, 0.29) is 0 Å². The Labute approximate surface area is 166 Å². The van der Waals surface area contributed by atoms with Crippen LogP contribution in [0.4, 0.5) is 0 Å². The Hall–Kier alpha value is -1.65. The number of hydrazone groups is 1. The molecule has 2 aromatic carbocycles. The second kappa shape index (κ2) is 13.5.